The van der Waals surface area contributed by atoms with Gasteiger partial charge in [-0.1, -0.05) is 37.1 Å². The molecule has 1 aliphatic carbocycles. The Morgan fingerprint density at radius 1 is 1.19 bits per heavy atom. The van der Waals surface area contributed by atoms with Gasteiger partial charge in [-0.25, -0.2) is 4.99 Å². The van der Waals surface area contributed by atoms with Gasteiger partial charge in [0.2, 0.25) is 0 Å². The lowest BCUT2D eigenvalue weighted by Crippen LogP contribution is -2.27. The van der Waals surface area contributed by atoms with Crippen LogP contribution in [0.3, 0.4) is 0 Å². The van der Waals surface area contributed by atoms with E-state index in [-0.39, 0.29) is 0 Å². The van der Waals surface area contributed by atoms with E-state index in [1.54, 1.807) is 12.3 Å². The van der Waals surface area contributed by atoms with E-state index in [9.17, 15) is 4.79 Å². The highest BCUT2D eigenvalue weighted by molar-refractivity contribution is 6.06. The van der Waals surface area contributed by atoms with Gasteiger partial charge in [0, 0.05) is 25.7 Å². The van der Waals surface area contributed by atoms with Crippen molar-refractivity contribution >= 4 is 24.0 Å². The fourth-order valence-electron chi connectivity index (χ4n) is 4.28. The van der Waals surface area contributed by atoms with Crippen molar-refractivity contribution in [2.75, 3.05) is 14.1 Å². The summed E-state index contributed by atoms with van der Waals surface area (Å²) in [6.07, 6.45) is 12.0. The Balaban J connectivity index is 1.81. The van der Waals surface area contributed by atoms with Crippen LogP contribution in [0, 0.1) is 19.3 Å². The first-order chi connectivity index (χ1) is 15.4. The van der Waals surface area contributed by atoms with E-state index >= 15 is 0 Å². The molecule has 2 N–H and O–H groups in total. The van der Waals surface area contributed by atoms with Crippen molar-refractivity contribution in [2.45, 2.75) is 52.0 Å². The van der Waals surface area contributed by atoms with Crippen LogP contribution in [0.15, 0.2) is 47.6 Å². The van der Waals surface area contributed by atoms with Gasteiger partial charge in [-0.05, 0) is 79.3 Å². The first kappa shape index (κ1) is 23.5. The molecule has 1 saturated carbocycles. The molecule has 0 amide bonds. The fourth-order valence-corrected chi connectivity index (χ4v) is 4.28. The molecule has 1 aliphatic rings. The Labute approximate surface area is 191 Å². The lowest BCUT2D eigenvalue weighted by atomic mass is 9.93. The predicted octanol–water partition coefficient (Wildman–Crippen LogP) is 5.34. The van der Waals surface area contributed by atoms with Crippen molar-refractivity contribution in [3.63, 3.8) is 0 Å². The van der Waals surface area contributed by atoms with Gasteiger partial charge in [0.15, 0.2) is 6.29 Å². The highest BCUT2D eigenvalue weighted by atomic mass is 16.1. The van der Waals surface area contributed by atoms with Crippen LogP contribution >= 0.6 is 0 Å². The summed E-state index contributed by atoms with van der Waals surface area (Å²) in [5.74, 6) is 0. The van der Waals surface area contributed by atoms with Crippen LogP contribution in [0.4, 0.5) is 5.69 Å². The average Bonchev–Trinajstić information content (AvgIpc) is 3.35. The normalized spacial score (nSPS) is 14.4. The smallest absolute Gasteiger partial charge is 0.152 e. The standard InChI is InChI=1S/C27H34N4O/c1-19-20(2)27(30-18-31(4)25-7-5-6-8-25)24(17-32)16-23(19)15-21-9-11-22(12-10-21)26(28)13-14-29-3/h9-14,16-18,25,28-29H,5-8,15H2,1-4H3/b14-13-,28-26?,30-18-. The third kappa shape index (κ3) is 5.52. The molecule has 0 unspecified atom stereocenters. The van der Waals surface area contributed by atoms with Crippen molar-refractivity contribution < 1.29 is 4.79 Å². The number of nitrogens with zero attached hydrogens (tertiary/aromatic N) is 2. The van der Waals surface area contributed by atoms with Gasteiger partial charge >= 0.3 is 0 Å². The number of hydrogen-bond donors (Lipinski definition) is 2. The lowest BCUT2D eigenvalue weighted by molar-refractivity contribution is 0.112. The molecule has 0 spiro atoms. The number of allylic oxidation sites excluding steroid dienone is 1. The van der Waals surface area contributed by atoms with E-state index in [1.807, 2.05) is 38.5 Å². The number of aliphatic imine (C=N–C) groups is 1. The van der Waals surface area contributed by atoms with Crippen molar-refractivity contribution in [1.29, 1.82) is 5.41 Å². The second-order valence-electron chi connectivity index (χ2n) is 8.60. The van der Waals surface area contributed by atoms with Crippen molar-refractivity contribution in [3.05, 3.63) is 76.0 Å². The van der Waals surface area contributed by atoms with Crippen LogP contribution in [0.1, 0.15) is 63.9 Å². The molecule has 0 aliphatic heterocycles. The molecule has 0 aromatic heterocycles. The van der Waals surface area contributed by atoms with Crippen LogP contribution in [0.5, 0.6) is 0 Å². The van der Waals surface area contributed by atoms with E-state index in [2.05, 4.69) is 36.3 Å². The summed E-state index contributed by atoms with van der Waals surface area (Å²) in [4.78, 5) is 18.8. The van der Waals surface area contributed by atoms with Gasteiger partial charge in [0.05, 0.1) is 17.7 Å². The highest BCUT2D eigenvalue weighted by Crippen LogP contribution is 2.30. The van der Waals surface area contributed by atoms with Crippen LogP contribution in [-0.4, -0.2) is 43.4 Å². The lowest BCUT2D eigenvalue weighted by Gasteiger charge is -2.21. The van der Waals surface area contributed by atoms with Gasteiger partial charge in [-0.15, -0.1) is 0 Å². The second kappa shape index (κ2) is 10.9. The molecule has 0 radical (unpaired) electrons. The Bertz CT molecular complexity index is 1010. The van der Waals surface area contributed by atoms with E-state index in [0.717, 1.165) is 40.6 Å². The van der Waals surface area contributed by atoms with E-state index in [0.29, 0.717) is 17.3 Å². The maximum atomic E-state index is 11.9. The molecule has 5 heteroatoms. The van der Waals surface area contributed by atoms with Crippen LogP contribution < -0.4 is 5.32 Å². The zero-order chi connectivity index (χ0) is 23.1. The van der Waals surface area contributed by atoms with Crippen LogP contribution in [0.2, 0.25) is 0 Å². The third-order valence-corrected chi connectivity index (χ3v) is 6.48. The molecule has 168 valence electrons. The first-order valence-corrected chi connectivity index (χ1v) is 11.3. The number of hydrogen-bond acceptors (Lipinski definition) is 4. The first-order valence-electron chi connectivity index (χ1n) is 11.3. The van der Waals surface area contributed by atoms with Crippen molar-refractivity contribution in [1.82, 2.24) is 10.2 Å². The zero-order valence-electron chi connectivity index (χ0n) is 19.6. The molecule has 0 atom stereocenters. The van der Waals surface area contributed by atoms with E-state index in [4.69, 9.17) is 10.4 Å². The minimum absolute atomic E-state index is 0.464. The molecule has 2 aromatic carbocycles. The molecule has 1 fully saturated rings. The van der Waals surface area contributed by atoms with Crippen molar-refractivity contribution in [3.8, 4) is 0 Å². The Kier molecular flexibility index (Phi) is 7.98. The molecule has 0 heterocycles. The third-order valence-electron chi connectivity index (χ3n) is 6.48. The number of carbonyl (C=O) groups is 1. The largest absolute Gasteiger partial charge is 0.394 e. The fraction of sp³-hybridized carbons (Fsp3) is 0.370. The summed E-state index contributed by atoms with van der Waals surface area (Å²) in [6.45, 7) is 4.15. The summed E-state index contributed by atoms with van der Waals surface area (Å²) in [5.41, 5.74) is 7.24. The van der Waals surface area contributed by atoms with Gasteiger partial charge in [-0.3, -0.25) is 4.79 Å². The van der Waals surface area contributed by atoms with E-state index < -0.39 is 0 Å². The summed E-state index contributed by atoms with van der Waals surface area (Å²) < 4.78 is 0. The Morgan fingerprint density at radius 2 is 1.88 bits per heavy atom. The SMILES string of the molecule is CN/C=C\C(=N)c1ccc(Cc2cc(C=O)c(/N=C\N(C)C3CCCC3)c(C)c2C)cc1. The number of rotatable bonds is 9. The van der Waals surface area contributed by atoms with Crippen LogP contribution in [-0.2, 0) is 6.42 Å². The summed E-state index contributed by atoms with van der Waals surface area (Å²) in [6, 6.07) is 10.6. The Hall–Kier alpha value is -3.21. The molecule has 0 saturated heterocycles. The number of nitrogens with one attached hydrogen (secondary N) is 2. The number of aldehydes is 1. The van der Waals surface area contributed by atoms with Gasteiger partial charge in [0.1, 0.15) is 0 Å². The van der Waals surface area contributed by atoms with E-state index in [1.165, 1.54) is 31.2 Å². The zero-order valence-corrected chi connectivity index (χ0v) is 19.6. The van der Waals surface area contributed by atoms with Crippen molar-refractivity contribution in [2.24, 2.45) is 4.99 Å². The average molecular weight is 431 g/mol. The predicted molar refractivity (Wildman–Crippen MR) is 134 cm³/mol. The molecule has 0 bridgehead atoms. The minimum atomic E-state index is 0.464. The minimum Gasteiger partial charge on any atom is -0.394 e. The molecular formula is C27H34N4O. The number of benzene rings is 2. The quantitative estimate of drug-likeness (QED) is 0.320. The molecular weight excluding hydrogens is 396 g/mol. The molecule has 5 nitrogen and oxygen atoms in total. The summed E-state index contributed by atoms with van der Waals surface area (Å²) in [5, 5.41) is 11.0. The Morgan fingerprint density at radius 3 is 2.50 bits per heavy atom. The van der Waals surface area contributed by atoms with Gasteiger partial charge in [0.25, 0.3) is 0 Å². The summed E-state index contributed by atoms with van der Waals surface area (Å²) in [7, 11) is 3.89. The van der Waals surface area contributed by atoms with Gasteiger partial charge < -0.3 is 15.6 Å². The molecule has 3 rings (SSSR count). The maximum absolute atomic E-state index is 11.9. The topological polar surface area (TPSA) is 68.5 Å². The second-order valence-corrected chi connectivity index (χ2v) is 8.60. The molecule has 32 heavy (non-hydrogen) atoms. The maximum Gasteiger partial charge on any atom is 0.152 e. The molecule has 2 aromatic rings. The summed E-state index contributed by atoms with van der Waals surface area (Å²) >= 11 is 0. The highest BCUT2D eigenvalue weighted by Gasteiger charge is 2.18. The number of carbonyl (C=O) groups excluding carboxylic acids is 1. The van der Waals surface area contributed by atoms with Crippen LogP contribution in [0.25, 0.3) is 0 Å². The van der Waals surface area contributed by atoms with Gasteiger partial charge in [-0.2, -0.15) is 0 Å². The monoisotopic (exact) mass is 430 g/mol.